The molecular formula is C20H20O2. The Hall–Kier alpha value is -2.06. The van der Waals surface area contributed by atoms with E-state index in [1.54, 1.807) is 0 Å². The third-order valence-corrected chi connectivity index (χ3v) is 4.45. The van der Waals surface area contributed by atoms with Gasteiger partial charge in [-0.1, -0.05) is 48.5 Å². The molecular weight excluding hydrogens is 272 g/mol. The molecule has 22 heavy (non-hydrogen) atoms. The van der Waals surface area contributed by atoms with Crippen molar-refractivity contribution >= 4 is 5.57 Å². The molecule has 0 radical (unpaired) electrons. The second-order valence-corrected chi connectivity index (χ2v) is 6.07. The molecule has 0 N–H and O–H groups in total. The summed E-state index contributed by atoms with van der Waals surface area (Å²) in [6.45, 7) is 0.612. The summed E-state index contributed by atoms with van der Waals surface area (Å²) in [6.07, 6.45) is 6.47. The second-order valence-electron chi connectivity index (χ2n) is 6.07. The minimum absolute atomic E-state index is 0.336. The molecule has 1 saturated heterocycles. The second kappa shape index (κ2) is 5.98. The van der Waals surface area contributed by atoms with Gasteiger partial charge in [0.1, 0.15) is 12.4 Å². The molecule has 2 aromatic rings. The average molecular weight is 292 g/mol. The van der Waals surface area contributed by atoms with E-state index in [-0.39, 0.29) is 0 Å². The van der Waals surface area contributed by atoms with Crippen LogP contribution in [0.25, 0.3) is 5.57 Å². The summed E-state index contributed by atoms with van der Waals surface area (Å²) in [6, 6.07) is 18.7. The number of hydrogen-bond acceptors (Lipinski definition) is 2. The maximum Gasteiger partial charge on any atom is 0.119 e. The van der Waals surface area contributed by atoms with Crippen LogP contribution < -0.4 is 4.74 Å². The van der Waals surface area contributed by atoms with Gasteiger partial charge < -0.3 is 9.47 Å². The van der Waals surface area contributed by atoms with Gasteiger partial charge in [0, 0.05) is 0 Å². The first-order valence-corrected chi connectivity index (χ1v) is 8.00. The highest BCUT2D eigenvalue weighted by Crippen LogP contribution is 2.36. The molecule has 0 aliphatic carbocycles. The largest absolute Gasteiger partial charge is 0.489 e. The van der Waals surface area contributed by atoms with Gasteiger partial charge >= 0.3 is 0 Å². The van der Waals surface area contributed by atoms with Gasteiger partial charge in [-0.3, -0.25) is 0 Å². The molecule has 0 saturated carbocycles. The third kappa shape index (κ3) is 2.93. The van der Waals surface area contributed by atoms with Crippen molar-refractivity contribution in [3.8, 4) is 5.75 Å². The van der Waals surface area contributed by atoms with Crippen molar-refractivity contribution in [3.63, 3.8) is 0 Å². The molecule has 2 aliphatic rings. The molecule has 0 amide bonds. The lowest BCUT2D eigenvalue weighted by atomic mass is 9.98. The monoisotopic (exact) mass is 292 g/mol. The van der Waals surface area contributed by atoms with Crippen molar-refractivity contribution in [1.82, 2.24) is 0 Å². The fourth-order valence-electron chi connectivity index (χ4n) is 3.26. The van der Waals surface area contributed by atoms with Gasteiger partial charge in [-0.25, -0.2) is 0 Å². The normalized spacial score (nSPS) is 23.2. The fourth-order valence-corrected chi connectivity index (χ4v) is 3.26. The van der Waals surface area contributed by atoms with E-state index in [4.69, 9.17) is 9.47 Å². The number of ether oxygens (including phenoxy) is 2. The molecule has 2 unspecified atom stereocenters. The van der Waals surface area contributed by atoms with Crippen LogP contribution in [0.4, 0.5) is 0 Å². The Morgan fingerprint density at radius 2 is 1.77 bits per heavy atom. The number of hydrogen-bond donors (Lipinski definition) is 0. The van der Waals surface area contributed by atoms with Crippen LogP contribution in [-0.2, 0) is 11.3 Å². The van der Waals surface area contributed by atoms with Crippen molar-refractivity contribution in [1.29, 1.82) is 0 Å². The standard InChI is InChI=1S/C20H20O2/c1-2-4-15(5-3-1)14-21-18-8-6-16(7-9-18)17-12-19-10-11-20(13-17)22-19/h1-9,12,19-20H,10-11,13-14H2. The average Bonchev–Trinajstić information content (AvgIpc) is 2.92. The Bertz CT molecular complexity index is 658. The quantitative estimate of drug-likeness (QED) is 0.820. The minimum atomic E-state index is 0.336. The summed E-state index contributed by atoms with van der Waals surface area (Å²) in [5.41, 5.74) is 3.91. The SMILES string of the molecule is C1=C(c2ccc(OCc3ccccc3)cc2)CC2CCC1O2. The fraction of sp³-hybridized carbons (Fsp3) is 0.300. The number of rotatable bonds is 4. The van der Waals surface area contributed by atoms with Crippen LogP contribution in [0.2, 0.25) is 0 Å². The van der Waals surface area contributed by atoms with Gasteiger partial charge in [0.15, 0.2) is 0 Å². The summed E-state index contributed by atoms with van der Waals surface area (Å²) in [7, 11) is 0. The van der Waals surface area contributed by atoms with Gasteiger partial charge in [0.05, 0.1) is 12.2 Å². The zero-order chi connectivity index (χ0) is 14.8. The summed E-state index contributed by atoms with van der Waals surface area (Å²) < 4.78 is 11.7. The number of fused-ring (bicyclic) bond motifs is 2. The third-order valence-electron chi connectivity index (χ3n) is 4.45. The topological polar surface area (TPSA) is 18.5 Å². The van der Waals surface area contributed by atoms with Crippen LogP contribution in [-0.4, -0.2) is 12.2 Å². The molecule has 2 bridgehead atoms. The predicted octanol–water partition coefficient (Wildman–Crippen LogP) is 4.60. The van der Waals surface area contributed by atoms with Crippen molar-refractivity contribution in [2.75, 3.05) is 0 Å². The Morgan fingerprint density at radius 1 is 0.955 bits per heavy atom. The van der Waals surface area contributed by atoms with Gasteiger partial charge in [-0.2, -0.15) is 0 Å². The zero-order valence-corrected chi connectivity index (χ0v) is 12.6. The van der Waals surface area contributed by atoms with E-state index in [9.17, 15) is 0 Å². The van der Waals surface area contributed by atoms with Crippen LogP contribution in [0.1, 0.15) is 30.4 Å². The molecule has 0 aromatic heterocycles. The van der Waals surface area contributed by atoms with Crippen LogP contribution in [0.15, 0.2) is 60.7 Å². The number of benzene rings is 2. The van der Waals surface area contributed by atoms with Crippen molar-refractivity contribution in [3.05, 3.63) is 71.8 Å². The smallest absolute Gasteiger partial charge is 0.119 e. The van der Waals surface area contributed by atoms with Crippen molar-refractivity contribution in [2.24, 2.45) is 0 Å². The van der Waals surface area contributed by atoms with Crippen LogP contribution in [0, 0.1) is 0 Å². The lowest BCUT2D eigenvalue weighted by Gasteiger charge is -2.21. The molecule has 112 valence electrons. The zero-order valence-electron chi connectivity index (χ0n) is 12.6. The molecule has 1 fully saturated rings. The van der Waals surface area contributed by atoms with Crippen molar-refractivity contribution in [2.45, 2.75) is 38.1 Å². The van der Waals surface area contributed by atoms with Crippen molar-refractivity contribution < 1.29 is 9.47 Å². The highest BCUT2D eigenvalue weighted by atomic mass is 16.5. The summed E-state index contributed by atoms with van der Waals surface area (Å²) in [4.78, 5) is 0. The van der Waals surface area contributed by atoms with E-state index >= 15 is 0 Å². The van der Waals surface area contributed by atoms with Crippen LogP contribution >= 0.6 is 0 Å². The summed E-state index contributed by atoms with van der Waals surface area (Å²) in [5, 5.41) is 0. The maximum absolute atomic E-state index is 5.86. The highest BCUT2D eigenvalue weighted by molar-refractivity contribution is 5.68. The lowest BCUT2D eigenvalue weighted by Crippen LogP contribution is -2.15. The molecule has 0 spiro atoms. The van der Waals surface area contributed by atoms with E-state index < -0.39 is 0 Å². The van der Waals surface area contributed by atoms with Crippen LogP contribution in [0.5, 0.6) is 5.75 Å². The molecule has 2 aliphatic heterocycles. The van der Waals surface area contributed by atoms with Gasteiger partial charge in [0.25, 0.3) is 0 Å². The van der Waals surface area contributed by atoms with Gasteiger partial charge in [-0.15, -0.1) is 0 Å². The molecule has 2 nitrogen and oxygen atoms in total. The van der Waals surface area contributed by atoms with Gasteiger partial charge in [-0.05, 0) is 48.1 Å². The summed E-state index contributed by atoms with van der Waals surface area (Å²) >= 11 is 0. The minimum Gasteiger partial charge on any atom is -0.489 e. The van der Waals surface area contributed by atoms with E-state index in [2.05, 4.69) is 42.5 Å². The van der Waals surface area contributed by atoms with E-state index in [0.717, 1.165) is 12.2 Å². The first kappa shape index (κ1) is 13.6. The molecule has 2 aromatic carbocycles. The highest BCUT2D eigenvalue weighted by Gasteiger charge is 2.29. The first-order valence-electron chi connectivity index (χ1n) is 8.00. The summed E-state index contributed by atoms with van der Waals surface area (Å²) in [5.74, 6) is 0.920. The Morgan fingerprint density at radius 3 is 2.55 bits per heavy atom. The first-order chi connectivity index (χ1) is 10.9. The predicted molar refractivity (Wildman–Crippen MR) is 87.7 cm³/mol. The Labute approximate surface area is 131 Å². The van der Waals surface area contributed by atoms with E-state index in [0.29, 0.717) is 18.8 Å². The Kier molecular flexibility index (Phi) is 3.69. The molecule has 2 heterocycles. The van der Waals surface area contributed by atoms with E-state index in [1.165, 1.54) is 29.5 Å². The van der Waals surface area contributed by atoms with E-state index in [1.807, 2.05) is 18.2 Å². The molecule has 2 heteroatoms. The van der Waals surface area contributed by atoms with Gasteiger partial charge in [0.2, 0.25) is 0 Å². The molecule has 2 atom stereocenters. The lowest BCUT2D eigenvalue weighted by molar-refractivity contribution is 0.0671. The molecule has 4 rings (SSSR count). The maximum atomic E-state index is 5.86. The van der Waals surface area contributed by atoms with Crippen LogP contribution in [0.3, 0.4) is 0 Å². The Balaban J connectivity index is 1.42.